The smallest absolute Gasteiger partial charge is 0.148 e. The van der Waals surface area contributed by atoms with Crippen LogP contribution in [0.25, 0.3) is 0 Å². The van der Waals surface area contributed by atoms with Gasteiger partial charge in [-0.1, -0.05) is 0 Å². The fourth-order valence-electron chi connectivity index (χ4n) is 2.31. The lowest BCUT2D eigenvalue weighted by Gasteiger charge is -2.28. The van der Waals surface area contributed by atoms with Crippen LogP contribution >= 0.6 is 0 Å². The van der Waals surface area contributed by atoms with Crippen molar-refractivity contribution in [3.05, 3.63) is 0 Å². The summed E-state index contributed by atoms with van der Waals surface area (Å²) in [4.78, 5) is 13.2. The minimum Gasteiger partial charge on any atom is -0.394 e. The van der Waals surface area contributed by atoms with Gasteiger partial charge in [0.2, 0.25) is 0 Å². The molecule has 3 nitrogen and oxygen atoms in total. The number of aliphatic hydroxyl groups is 1. The first-order chi connectivity index (χ1) is 5.27. The normalized spacial score (nSPS) is 38.1. The molecule has 0 aromatic rings. The topological polar surface area (TPSA) is 40.5 Å². The van der Waals surface area contributed by atoms with Gasteiger partial charge in [0.25, 0.3) is 0 Å². The number of aliphatic hydroxyl groups excluding tert-OH is 1. The van der Waals surface area contributed by atoms with E-state index in [4.69, 9.17) is 5.11 Å². The Hall–Kier alpha value is -0.410. The Bertz CT molecular complexity index is 193. The van der Waals surface area contributed by atoms with E-state index in [0.717, 1.165) is 19.4 Å². The first-order valence-corrected chi connectivity index (χ1v) is 4.14. The summed E-state index contributed by atoms with van der Waals surface area (Å²) in [7, 11) is 0. The van der Waals surface area contributed by atoms with Crippen LogP contribution in [0.4, 0.5) is 0 Å². The maximum Gasteiger partial charge on any atom is 0.148 e. The molecule has 2 saturated heterocycles. The van der Waals surface area contributed by atoms with Gasteiger partial charge in [0.1, 0.15) is 5.78 Å². The molecule has 2 aliphatic rings. The molecule has 0 radical (unpaired) electrons. The van der Waals surface area contributed by atoms with E-state index in [9.17, 15) is 4.79 Å². The van der Waals surface area contributed by atoms with Crippen molar-refractivity contribution in [3.63, 3.8) is 0 Å². The largest absolute Gasteiger partial charge is 0.394 e. The average Bonchev–Trinajstić information content (AvgIpc) is 2.43. The first kappa shape index (κ1) is 7.25. The minimum atomic E-state index is -0.142. The molecule has 0 aromatic carbocycles. The number of hydrogen-bond acceptors (Lipinski definition) is 3. The Balaban J connectivity index is 2.21. The molecule has 1 N–H and O–H groups in total. The second kappa shape index (κ2) is 2.29. The summed E-state index contributed by atoms with van der Waals surface area (Å²) >= 11 is 0. The Kier molecular flexibility index (Phi) is 1.51. The van der Waals surface area contributed by atoms with Crippen molar-refractivity contribution in [3.8, 4) is 0 Å². The van der Waals surface area contributed by atoms with Gasteiger partial charge in [0.05, 0.1) is 18.7 Å². The fourth-order valence-corrected chi connectivity index (χ4v) is 2.31. The molecule has 0 unspecified atom stereocenters. The molecule has 0 aliphatic carbocycles. The number of ketones is 1. The molecule has 2 fully saturated rings. The maximum absolute atomic E-state index is 11.1. The third-order valence-electron chi connectivity index (χ3n) is 2.93. The summed E-state index contributed by atoms with van der Waals surface area (Å²) in [6, 6.07) is 0. The molecule has 0 bridgehead atoms. The second-order valence-corrected chi connectivity index (χ2v) is 3.62. The SMILES string of the molecule is O=C1CN2CCC[C@]2(CO)C1. The van der Waals surface area contributed by atoms with Gasteiger partial charge in [-0.3, -0.25) is 9.69 Å². The van der Waals surface area contributed by atoms with Crippen LogP contribution in [-0.4, -0.2) is 41.0 Å². The quantitative estimate of drug-likeness (QED) is 0.569. The van der Waals surface area contributed by atoms with Crippen LogP contribution in [0.1, 0.15) is 19.3 Å². The standard InChI is InChI=1S/C8H13NO2/c10-6-8-2-1-3-9(8)5-7(11)4-8/h10H,1-6H2/t8-/m1/s1. The van der Waals surface area contributed by atoms with Crippen molar-refractivity contribution in [1.29, 1.82) is 0 Å². The zero-order valence-corrected chi connectivity index (χ0v) is 6.55. The van der Waals surface area contributed by atoms with Gasteiger partial charge in [-0.2, -0.15) is 0 Å². The molecule has 0 aromatic heterocycles. The van der Waals surface area contributed by atoms with Gasteiger partial charge < -0.3 is 5.11 Å². The van der Waals surface area contributed by atoms with Crippen LogP contribution in [0.15, 0.2) is 0 Å². The number of carbonyl (C=O) groups excluding carboxylic acids is 1. The zero-order valence-electron chi connectivity index (χ0n) is 6.55. The van der Waals surface area contributed by atoms with Crippen molar-refractivity contribution in [1.82, 2.24) is 4.90 Å². The van der Waals surface area contributed by atoms with Gasteiger partial charge >= 0.3 is 0 Å². The van der Waals surface area contributed by atoms with Crippen molar-refractivity contribution >= 4 is 5.78 Å². The number of hydrogen-bond donors (Lipinski definition) is 1. The molecule has 2 aliphatic heterocycles. The van der Waals surface area contributed by atoms with Crippen molar-refractivity contribution in [2.45, 2.75) is 24.8 Å². The monoisotopic (exact) mass is 155 g/mol. The third-order valence-corrected chi connectivity index (χ3v) is 2.93. The summed E-state index contributed by atoms with van der Waals surface area (Å²) in [6.45, 7) is 1.71. The number of rotatable bonds is 1. The molecule has 62 valence electrons. The van der Waals surface area contributed by atoms with E-state index < -0.39 is 0 Å². The molecule has 2 rings (SSSR count). The maximum atomic E-state index is 11.1. The van der Waals surface area contributed by atoms with Crippen LogP contribution in [0.2, 0.25) is 0 Å². The molecule has 0 saturated carbocycles. The summed E-state index contributed by atoms with van der Waals surface area (Å²) in [5, 5.41) is 9.15. The third kappa shape index (κ3) is 0.914. The van der Waals surface area contributed by atoms with Crippen LogP contribution in [-0.2, 0) is 4.79 Å². The summed E-state index contributed by atoms with van der Waals surface area (Å²) < 4.78 is 0. The van der Waals surface area contributed by atoms with Crippen LogP contribution in [0, 0.1) is 0 Å². The molecule has 3 heteroatoms. The van der Waals surface area contributed by atoms with Crippen molar-refractivity contribution in [2.75, 3.05) is 19.7 Å². The number of Topliss-reactive ketones (excluding diaryl/α,β-unsaturated/α-hetero) is 1. The van der Waals surface area contributed by atoms with Crippen LogP contribution in [0.5, 0.6) is 0 Å². The van der Waals surface area contributed by atoms with E-state index in [1.54, 1.807) is 0 Å². The van der Waals surface area contributed by atoms with Gasteiger partial charge in [-0.05, 0) is 19.4 Å². The number of nitrogens with zero attached hydrogens (tertiary/aromatic N) is 1. The highest BCUT2D eigenvalue weighted by molar-refractivity contribution is 5.84. The van der Waals surface area contributed by atoms with Crippen LogP contribution in [0.3, 0.4) is 0 Å². The Morgan fingerprint density at radius 1 is 1.64 bits per heavy atom. The van der Waals surface area contributed by atoms with E-state index >= 15 is 0 Å². The first-order valence-electron chi connectivity index (χ1n) is 4.14. The van der Waals surface area contributed by atoms with Crippen LogP contribution < -0.4 is 0 Å². The molecule has 2 heterocycles. The summed E-state index contributed by atoms with van der Waals surface area (Å²) in [5.74, 6) is 0.291. The Morgan fingerprint density at radius 3 is 3.09 bits per heavy atom. The van der Waals surface area contributed by atoms with Gasteiger partial charge in [-0.25, -0.2) is 0 Å². The lowest BCUT2D eigenvalue weighted by molar-refractivity contribution is -0.117. The van der Waals surface area contributed by atoms with E-state index in [1.165, 1.54) is 0 Å². The highest BCUT2D eigenvalue weighted by Crippen LogP contribution is 2.36. The lowest BCUT2D eigenvalue weighted by atomic mass is 9.95. The van der Waals surface area contributed by atoms with E-state index in [1.807, 2.05) is 0 Å². The summed E-state index contributed by atoms with van der Waals surface area (Å²) in [5.41, 5.74) is -0.142. The molecule has 1 atom stereocenters. The van der Waals surface area contributed by atoms with Crippen molar-refractivity contribution in [2.24, 2.45) is 0 Å². The van der Waals surface area contributed by atoms with Gasteiger partial charge in [-0.15, -0.1) is 0 Å². The predicted molar refractivity (Wildman–Crippen MR) is 40.2 cm³/mol. The highest BCUT2D eigenvalue weighted by Gasteiger charge is 2.47. The molecular weight excluding hydrogens is 142 g/mol. The zero-order chi connectivity index (χ0) is 7.90. The fraction of sp³-hybridized carbons (Fsp3) is 0.875. The van der Waals surface area contributed by atoms with Gasteiger partial charge in [0, 0.05) is 6.42 Å². The number of carbonyl (C=O) groups is 1. The Morgan fingerprint density at radius 2 is 2.45 bits per heavy atom. The van der Waals surface area contributed by atoms with E-state index in [-0.39, 0.29) is 12.1 Å². The molecule has 0 amide bonds. The number of fused-ring (bicyclic) bond motifs is 1. The predicted octanol–water partition coefficient (Wildman–Crippen LogP) is -0.214. The lowest BCUT2D eigenvalue weighted by Crippen LogP contribution is -2.41. The van der Waals surface area contributed by atoms with Crippen molar-refractivity contribution < 1.29 is 9.90 Å². The van der Waals surface area contributed by atoms with Gasteiger partial charge in [0.15, 0.2) is 0 Å². The molecule has 11 heavy (non-hydrogen) atoms. The second-order valence-electron chi connectivity index (χ2n) is 3.62. The van der Waals surface area contributed by atoms with E-state index in [0.29, 0.717) is 18.7 Å². The highest BCUT2D eigenvalue weighted by atomic mass is 16.3. The molecular formula is C8H13NO2. The minimum absolute atomic E-state index is 0.142. The average molecular weight is 155 g/mol. The molecule has 0 spiro atoms. The van der Waals surface area contributed by atoms with E-state index in [2.05, 4.69) is 4.90 Å². The Labute approximate surface area is 66.0 Å². The summed E-state index contributed by atoms with van der Waals surface area (Å²) in [6.07, 6.45) is 2.70.